The second-order valence-corrected chi connectivity index (χ2v) is 5.34. The van der Waals surface area contributed by atoms with E-state index in [9.17, 15) is 0 Å². The van der Waals surface area contributed by atoms with Gasteiger partial charge in [-0.1, -0.05) is 0 Å². The minimum atomic E-state index is 0.571. The maximum Gasteiger partial charge on any atom is 0.134 e. The first-order chi connectivity index (χ1) is 8.11. The monoisotopic (exact) mass is 233 g/mol. The molecule has 0 bridgehead atoms. The predicted octanol–water partition coefficient (Wildman–Crippen LogP) is 0.365. The number of hydrogen-bond donors (Lipinski definition) is 1. The fraction of sp³-hybridized carbons (Fsp3) is 0.667. The quantitative estimate of drug-likeness (QED) is 0.759. The Kier molecular flexibility index (Phi) is 2.43. The molecule has 2 aliphatic rings. The third-order valence-electron chi connectivity index (χ3n) is 3.84. The molecule has 5 heteroatoms. The van der Waals surface area contributed by atoms with Crippen LogP contribution in [0, 0.1) is 18.8 Å². The zero-order valence-corrected chi connectivity index (χ0v) is 10.4. The summed E-state index contributed by atoms with van der Waals surface area (Å²) in [6.07, 6.45) is 0. The van der Waals surface area contributed by atoms with Crippen LogP contribution in [0.1, 0.15) is 5.82 Å². The molecule has 0 radical (unpaired) electrons. The molecule has 92 valence electrons. The molecule has 2 saturated heterocycles. The van der Waals surface area contributed by atoms with Gasteiger partial charge in [-0.15, -0.1) is 0 Å². The van der Waals surface area contributed by atoms with Crippen molar-refractivity contribution in [1.29, 1.82) is 0 Å². The third kappa shape index (κ3) is 1.95. The number of aromatic nitrogens is 2. The van der Waals surface area contributed by atoms with Crippen LogP contribution in [0.5, 0.6) is 0 Å². The molecule has 2 unspecified atom stereocenters. The normalized spacial score (nSPS) is 28.7. The van der Waals surface area contributed by atoms with E-state index in [-0.39, 0.29) is 0 Å². The van der Waals surface area contributed by atoms with Gasteiger partial charge in [0.15, 0.2) is 0 Å². The van der Waals surface area contributed by atoms with Gasteiger partial charge in [-0.3, -0.25) is 0 Å². The number of fused-ring (bicyclic) bond motifs is 1. The molecular weight excluding hydrogens is 214 g/mol. The van der Waals surface area contributed by atoms with E-state index in [1.54, 1.807) is 0 Å². The number of nitrogens with two attached hydrogens (primary N) is 1. The van der Waals surface area contributed by atoms with Gasteiger partial charge in [0.25, 0.3) is 0 Å². The second kappa shape index (κ2) is 3.84. The molecular formula is C12H19N5. The molecule has 1 aromatic heterocycles. The molecule has 0 aromatic carbocycles. The fourth-order valence-electron chi connectivity index (χ4n) is 3.15. The number of nitrogen functional groups attached to an aromatic ring is 1. The van der Waals surface area contributed by atoms with E-state index in [0.29, 0.717) is 5.82 Å². The van der Waals surface area contributed by atoms with E-state index < -0.39 is 0 Å². The van der Waals surface area contributed by atoms with Crippen molar-refractivity contribution in [1.82, 2.24) is 14.9 Å². The first kappa shape index (κ1) is 10.8. The molecule has 0 spiro atoms. The summed E-state index contributed by atoms with van der Waals surface area (Å²) >= 11 is 0. The van der Waals surface area contributed by atoms with Gasteiger partial charge < -0.3 is 15.5 Å². The van der Waals surface area contributed by atoms with E-state index in [2.05, 4.69) is 26.8 Å². The van der Waals surface area contributed by atoms with Crippen LogP contribution in [0.15, 0.2) is 6.07 Å². The van der Waals surface area contributed by atoms with Gasteiger partial charge in [0.2, 0.25) is 0 Å². The third-order valence-corrected chi connectivity index (χ3v) is 3.84. The highest BCUT2D eigenvalue weighted by molar-refractivity contribution is 5.48. The van der Waals surface area contributed by atoms with Crippen LogP contribution >= 0.6 is 0 Å². The highest BCUT2D eigenvalue weighted by Crippen LogP contribution is 2.32. The summed E-state index contributed by atoms with van der Waals surface area (Å²) in [5.74, 6) is 3.90. The Morgan fingerprint density at radius 3 is 2.41 bits per heavy atom. The number of hydrogen-bond acceptors (Lipinski definition) is 5. The van der Waals surface area contributed by atoms with Crippen molar-refractivity contribution in [2.75, 3.05) is 43.9 Å². The van der Waals surface area contributed by atoms with Gasteiger partial charge in [0, 0.05) is 32.2 Å². The molecule has 2 N–H and O–H groups in total. The van der Waals surface area contributed by atoms with Crippen LogP contribution < -0.4 is 10.6 Å². The van der Waals surface area contributed by atoms with Crippen molar-refractivity contribution in [3.8, 4) is 0 Å². The molecule has 3 rings (SSSR count). The molecule has 0 aliphatic carbocycles. The average Bonchev–Trinajstić information content (AvgIpc) is 2.72. The van der Waals surface area contributed by atoms with Gasteiger partial charge >= 0.3 is 0 Å². The van der Waals surface area contributed by atoms with Gasteiger partial charge in [-0.05, 0) is 25.8 Å². The van der Waals surface area contributed by atoms with Crippen LogP contribution in [0.25, 0.3) is 0 Å². The number of likely N-dealkylation sites (tertiary alicyclic amines) is 1. The molecule has 2 atom stereocenters. The first-order valence-corrected chi connectivity index (χ1v) is 6.16. The van der Waals surface area contributed by atoms with Crippen LogP contribution in [-0.4, -0.2) is 48.1 Å². The maximum atomic E-state index is 5.78. The Morgan fingerprint density at radius 1 is 1.18 bits per heavy atom. The number of rotatable bonds is 1. The lowest BCUT2D eigenvalue weighted by Crippen LogP contribution is -2.27. The van der Waals surface area contributed by atoms with Crippen LogP contribution in [0.3, 0.4) is 0 Å². The Balaban J connectivity index is 1.79. The first-order valence-electron chi connectivity index (χ1n) is 6.16. The fourth-order valence-corrected chi connectivity index (χ4v) is 3.15. The molecule has 5 nitrogen and oxygen atoms in total. The van der Waals surface area contributed by atoms with E-state index in [0.717, 1.165) is 36.6 Å². The van der Waals surface area contributed by atoms with Gasteiger partial charge in [-0.25, -0.2) is 9.97 Å². The van der Waals surface area contributed by atoms with E-state index in [4.69, 9.17) is 5.73 Å². The number of nitrogens with zero attached hydrogens (tertiary/aromatic N) is 4. The average molecular weight is 233 g/mol. The van der Waals surface area contributed by atoms with E-state index in [1.807, 2.05) is 13.0 Å². The summed E-state index contributed by atoms with van der Waals surface area (Å²) in [5, 5.41) is 0. The van der Waals surface area contributed by atoms with Gasteiger partial charge in [-0.2, -0.15) is 0 Å². The zero-order valence-electron chi connectivity index (χ0n) is 10.4. The number of aryl methyl sites for hydroxylation is 1. The van der Waals surface area contributed by atoms with Crippen molar-refractivity contribution in [2.24, 2.45) is 11.8 Å². The molecule has 1 aromatic rings. The largest absolute Gasteiger partial charge is 0.384 e. The molecule has 3 heterocycles. The van der Waals surface area contributed by atoms with Gasteiger partial charge in [0.1, 0.15) is 17.5 Å². The lowest BCUT2D eigenvalue weighted by Gasteiger charge is -2.20. The molecule has 2 fully saturated rings. The van der Waals surface area contributed by atoms with Crippen molar-refractivity contribution in [3.63, 3.8) is 0 Å². The Bertz CT molecular complexity index is 399. The molecule has 17 heavy (non-hydrogen) atoms. The second-order valence-electron chi connectivity index (χ2n) is 5.34. The lowest BCUT2D eigenvalue weighted by molar-refractivity contribution is 0.387. The van der Waals surface area contributed by atoms with Crippen molar-refractivity contribution in [3.05, 3.63) is 11.9 Å². The number of anilines is 2. The Hall–Kier alpha value is -1.36. The summed E-state index contributed by atoms with van der Waals surface area (Å²) in [7, 11) is 2.20. The predicted molar refractivity (Wildman–Crippen MR) is 67.9 cm³/mol. The molecule has 0 saturated carbocycles. The lowest BCUT2D eigenvalue weighted by atomic mass is 10.0. The van der Waals surface area contributed by atoms with E-state index >= 15 is 0 Å². The SMILES string of the molecule is Cc1nc(N)cc(N2CC3CN(C)CC3C2)n1. The Labute approximate surface area is 102 Å². The highest BCUT2D eigenvalue weighted by Gasteiger charge is 2.39. The summed E-state index contributed by atoms with van der Waals surface area (Å²) in [6.45, 7) is 6.52. The smallest absolute Gasteiger partial charge is 0.134 e. The standard InChI is InChI=1S/C12H19N5/c1-8-14-11(13)3-12(15-8)17-6-9-4-16(2)5-10(9)7-17/h3,9-10H,4-7H2,1-2H3,(H2,13,14,15). The molecule has 2 aliphatic heterocycles. The van der Waals surface area contributed by atoms with Gasteiger partial charge in [0.05, 0.1) is 0 Å². The van der Waals surface area contributed by atoms with Crippen molar-refractivity contribution >= 4 is 11.6 Å². The van der Waals surface area contributed by atoms with Crippen molar-refractivity contribution in [2.45, 2.75) is 6.92 Å². The highest BCUT2D eigenvalue weighted by atomic mass is 15.3. The zero-order chi connectivity index (χ0) is 12.0. The van der Waals surface area contributed by atoms with E-state index in [1.165, 1.54) is 13.1 Å². The van der Waals surface area contributed by atoms with Crippen LogP contribution in [0.2, 0.25) is 0 Å². The minimum absolute atomic E-state index is 0.571. The topological polar surface area (TPSA) is 58.3 Å². The van der Waals surface area contributed by atoms with Crippen LogP contribution in [0.4, 0.5) is 11.6 Å². The van der Waals surface area contributed by atoms with Crippen molar-refractivity contribution < 1.29 is 0 Å². The molecule has 0 amide bonds. The summed E-state index contributed by atoms with van der Waals surface area (Å²) in [5.41, 5.74) is 5.78. The Morgan fingerprint density at radius 2 is 1.82 bits per heavy atom. The summed E-state index contributed by atoms with van der Waals surface area (Å²) < 4.78 is 0. The maximum absolute atomic E-state index is 5.78. The summed E-state index contributed by atoms with van der Waals surface area (Å²) in [6, 6.07) is 1.89. The summed E-state index contributed by atoms with van der Waals surface area (Å²) in [4.78, 5) is 13.4. The van der Waals surface area contributed by atoms with Crippen LogP contribution in [-0.2, 0) is 0 Å². The minimum Gasteiger partial charge on any atom is -0.384 e.